The molecule has 0 amide bonds. The van der Waals surface area contributed by atoms with Gasteiger partial charge in [0, 0.05) is 0 Å². The van der Waals surface area contributed by atoms with Gasteiger partial charge in [-0.15, -0.1) is 0 Å². The van der Waals surface area contributed by atoms with E-state index in [1.54, 1.807) is 0 Å². The van der Waals surface area contributed by atoms with E-state index in [0.717, 1.165) is 11.8 Å². The van der Waals surface area contributed by atoms with Gasteiger partial charge in [-0.2, -0.15) is 0 Å². The van der Waals surface area contributed by atoms with Crippen LogP contribution >= 0.6 is 19.8 Å². The summed E-state index contributed by atoms with van der Waals surface area (Å²) in [7, 11) is -0.970. The Balaban J connectivity index is 1.69. The highest BCUT2D eigenvalue weighted by Crippen LogP contribution is 2.49. The number of thiol groups is 1. The molecule has 106 valence electrons. The average Bonchev–Trinajstić information content (AvgIpc) is 2.28. The molecule has 0 saturated heterocycles. The van der Waals surface area contributed by atoms with E-state index in [-0.39, 0.29) is 0 Å². The third-order valence-corrected chi connectivity index (χ3v) is 5.78. The van der Waals surface area contributed by atoms with Crippen LogP contribution in [0.15, 0.2) is 0 Å². The van der Waals surface area contributed by atoms with Crippen LogP contribution in [0.1, 0.15) is 65.2 Å². The molecule has 2 aliphatic carbocycles. The third-order valence-electron chi connectivity index (χ3n) is 4.26. The second-order valence-electron chi connectivity index (χ2n) is 6.24. The van der Waals surface area contributed by atoms with Gasteiger partial charge >= 0.3 is 0 Å². The first-order valence-corrected chi connectivity index (χ1v) is 9.79. The monoisotopic (exact) mass is 290 g/mol. The molecule has 2 fully saturated rings. The minimum absolute atomic E-state index is 0.387. The minimum Gasteiger partial charge on any atom is -0.323 e. The van der Waals surface area contributed by atoms with E-state index in [4.69, 9.17) is 9.05 Å². The second-order valence-corrected chi connectivity index (χ2v) is 8.11. The molecule has 0 bridgehead atoms. The Bertz CT molecular complexity index is 228. The topological polar surface area (TPSA) is 18.5 Å². The van der Waals surface area contributed by atoms with E-state index in [2.05, 4.69) is 26.1 Å². The van der Waals surface area contributed by atoms with Gasteiger partial charge < -0.3 is 9.05 Å². The summed E-state index contributed by atoms with van der Waals surface area (Å²) in [5.74, 6) is 1.60. The van der Waals surface area contributed by atoms with Crippen LogP contribution in [-0.2, 0) is 9.05 Å². The van der Waals surface area contributed by atoms with Crippen molar-refractivity contribution in [2.45, 2.75) is 77.4 Å². The molecule has 4 atom stereocenters. The van der Waals surface area contributed by atoms with Crippen molar-refractivity contribution in [3.05, 3.63) is 0 Å². The van der Waals surface area contributed by atoms with Crippen LogP contribution in [0, 0.1) is 11.8 Å². The van der Waals surface area contributed by atoms with E-state index >= 15 is 0 Å². The van der Waals surface area contributed by atoms with Crippen molar-refractivity contribution in [3.63, 3.8) is 0 Å². The molecule has 0 aromatic heterocycles. The lowest BCUT2D eigenvalue weighted by atomic mass is 9.89. The maximum atomic E-state index is 6.01. The Kier molecular flexibility index (Phi) is 6.27. The second kappa shape index (κ2) is 7.47. The van der Waals surface area contributed by atoms with Gasteiger partial charge in [-0.3, -0.25) is 0 Å². The van der Waals surface area contributed by atoms with Crippen molar-refractivity contribution < 1.29 is 9.05 Å². The number of rotatable bonds is 4. The highest BCUT2D eigenvalue weighted by Gasteiger charge is 2.26. The van der Waals surface area contributed by atoms with Crippen LogP contribution in [0.5, 0.6) is 0 Å². The zero-order chi connectivity index (χ0) is 13.0. The molecule has 0 spiro atoms. The van der Waals surface area contributed by atoms with Crippen molar-refractivity contribution in [1.29, 1.82) is 0 Å². The average molecular weight is 290 g/mol. The summed E-state index contributed by atoms with van der Waals surface area (Å²) in [6.45, 7) is 4.64. The normalized spacial score (nSPS) is 39.5. The lowest BCUT2D eigenvalue weighted by molar-refractivity contribution is 0.0897. The fraction of sp³-hybridized carbons (Fsp3) is 1.00. The molecule has 2 nitrogen and oxygen atoms in total. The van der Waals surface area contributed by atoms with Gasteiger partial charge in [0.25, 0.3) is 0 Å². The van der Waals surface area contributed by atoms with Crippen LogP contribution in [0.4, 0.5) is 0 Å². The van der Waals surface area contributed by atoms with Gasteiger partial charge in [0.05, 0.1) is 12.2 Å². The lowest BCUT2D eigenvalue weighted by Gasteiger charge is -2.31. The third kappa shape index (κ3) is 5.00. The van der Waals surface area contributed by atoms with Crippen molar-refractivity contribution in [2.75, 3.05) is 0 Å². The SMILES string of the molecule is CC1CCCC(OP(S)OC2CCCC(C)C2)C1. The molecule has 4 unspecified atom stereocenters. The minimum atomic E-state index is -0.970. The van der Waals surface area contributed by atoms with Crippen molar-refractivity contribution >= 4 is 19.8 Å². The van der Waals surface area contributed by atoms with Gasteiger partial charge in [0.15, 0.2) is 0 Å². The fourth-order valence-corrected chi connectivity index (χ4v) is 4.97. The molecule has 0 aromatic rings. The van der Waals surface area contributed by atoms with Crippen molar-refractivity contribution in [2.24, 2.45) is 11.8 Å². The fourth-order valence-electron chi connectivity index (χ4n) is 3.23. The zero-order valence-electron chi connectivity index (χ0n) is 11.7. The van der Waals surface area contributed by atoms with Gasteiger partial charge in [-0.25, -0.2) is 0 Å². The van der Waals surface area contributed by atoms with E-state index in [0.29, 0.717) is 12.2 Å². The highest BCUT2D eigenvalue weighted by atomic mass is 32.7. The van der Waals surface area contributed by atoms with Gasteiger partial charge in [-0.1, -0.05) is 51.8 Å². The summed E-state index contributed by atoms with van der Waals surface area (Å²) in [5.41, 5.74) is 0. The van der Waals surface area contributed by atoms with E-state index in [1.807, 2.05) is 0 Å². The van der Waals surface area contributed by atoms with Crippen molar-refractivity contribution in [3.8, 4) is 0 Å². The molecule has 18 heavy (non-hydrogen) atoms. The van der Waals surface area contributed by atoms with Gasteiger partial charge in [0.2, 0.25) is 7.58 Å². The Morgan fingerprint density at radius 2 is 1.28 bits per heavy atom. The summed E-state index contributed by atoms with van der Waals surface area (Å²) >= 11 is 4.53. The molecule has 0 aromatic carbocycles. The maximum Gasteiger partial charge on any atom is 0.235 e. The first kappa shape index (κ1) is 15.1. The molecule has 2 rings (SSSR count). The predicted molar refractivity (Wildman–Crippen MR) is 80.9 cm³/mol. The van der Waals surface area contributed by atoms with E-state index in [9.17, 15) is 0 Å². The van der Waals surface area contributed by atoms with Gasteiger partial charge in [-0.05, 0) is 37.5 Å². The van der Waals surface area contributed by atoms with E-state index in [1.165, 1.54) is 51.4 Å². The standard InChI is InChI=1S/C14H27O2PS/c1-11-5-3-7-13(9-11)15-17(18)16-14-8-4-6-12(2)10-14/h11-14,18H,3-10H2,1-2H3. The summed E-state index contributed by atoms with van der Waals surface area (Å²) < 4.78 is 12.0. The molecular formula is C14H27O2PS. The first-order valence-electron chi connectivity index (χ1n) is 7.46. The van der Waals surface area contributed by atoms with Gasteiger partial charge in [0.1, 0.15) is 0 Å². The zero-order valence-corrected chi connectivity index (χ0v) is 13.5. The quantitative estimate of drug-likeness (QED) is 0.557. The molecule has 2 aliphatic rings. The lowest BCUT2D eigenvalue weighted by Crippen LogP contribution is -2.22. The molecule has 0 radical (unpaired) electrons. The Hall–Kier alpha value is 0.700. The Morgan fingerprint density at radius 1 is 0.833 bits per heavy atom. The summed E-state index contributed by atoms with van der Waals surface area (Å²) in [6.07, 6.45) is 10.8. The molecular weight excluding hydrogens is 263 g/mol. The van der Waals surface area contributed by atoms with Crippen LogP contribution in [0.2, 0.25) is 0 Å². The van der Waals surface area contributed by atoms with Crippen LogP contribution in [0.3, 0.4) is 0 Å². The molecule has 2 saturated carbocycles. The molecule has 0 N–H and O–H groups in total. The molecule has 0 aliphatic heterocycles. The van der Waals surface area contributed by atoms with Crippen LogP contribution in [-0.4, -0.2) is 12.2 Å². The number of hydrogen-bond donors (Lipinski definition) is 1. The van der Waals surface area contributed by atoms with Crippen LogP contribution in [0.25, 0.3) is 0 Å². The molecule has 0 heterocycles. The smallest absolute Gasteiger partial charge is 0.235 e. The van der Waals surface area contributed by atoms with E-state index < -0.39 is 7.58 Å². The largest absolute Gasteiger partial charge is 0.323 e. The maximum absolute atomic E-state index is 6.01. The summed E-state index contributed by atoms with van der Waals surface area (Å²) in [5, 5.41) is 0. The van der Waals surface area contributed by atoms with Crippen LogP contribution < -0.4 is 0 Å². The Morgan fingerprint density at radius 3 is 1.67 bits per heavy atom. The number of hydrogen-bond acceptors (Lipinski definition) is 3. The molecule has 4 heteroatoms. The highest BCUT2D eigenvalue weighted by molar-refractivity contribution is 8.41. The Labute approximate surface area is 118 Å². The predicted octanol–water partition coefficient (Wildman–Crippen LogP) is 5.33. The van der Waals surface area contributed by atoms with Crippen molar-refractivity contribution in [1.82, 2.24) is 0 Å². The summed E-state index contributed by atoms with van der Waals surface area (Å²) in [4.78, 5) is 0. The summed E-state index contributed by atoms with van der Waals surface area (Å²) in [6, 6.07) is 0. The first-order chi connectivity index (χ1) is 8.63.